The Morgan fingerprint density at radius 2 is 0.833 bits per heavy atom. The minimum atomic E-state index is -1.12. The third-order valence-corrected chi connectivity index (χ3v) is 14.1. The molecular weight excluding hydrogens is 905 g/mol. The van der Waals surface area contributed by atoms with E-state index in [0.29, 0.717) is 22.7 Å². The molecule has 366 valence electrons. The van der Waals surface area contributed by atoms with Gasteiger partial charge in [-0.2, -0.15) is 0 Å². The Balaban J connectivity index is 1.06. The molecule has 0 saturated heterocycles. The molecule has 0 spiro atoms. The summed E-state index contributed by atoms with van der Waals surface area (Å²) in [6, 6.07) is 41.3. The number of hydrogen-bond acceptors (Lipinski definition) is 8. The van der Waals surface area contributed by atoms with Crippen LogP contribution in [0.15, 0.2) is 146 Å². The Hall–Kier alpha value is -8.20. The highest BCUT2D eigenvalue weighted by molar-refractivity contribution is 6.15. The summed E-state index contributed by atoms with van der Waals surface area (Å²) in [5.41, 5.74) is 6.26. The molecule has 14 heteroatoms. The predicted octanol–water partition coefficient (Wildman–Crippen LogP) is 7.18. The first-order valence-corrected chi connectivity index (χ1v) is 24.2. The van der Waals surface area contributed by atoms with Gasteiger partial charge in [0.05, 0.1) is 61.0 Å². The highest BCUT2D eigenvalue weighted by Gasteiger charge is 2.40. The fourth-order valence-corrected chi connectivity index (χ4v) is 9.65. The lowest BCUT2D eigenvalue weighted by Crippen LogP contribution is -2.55. The van der Waals surface area contributed by atoms with E-state index in [0.717, 1.165) is 43.8 Å². The number of fused-ring (bicyclic) bond motifs is 4. The van der Waals surface area contributed by atoms with Crippen molar-refractivity contribution in [3.8, 4) is 0 Å². The molecule has 4 N–H and O–H groups in total. The van der Waals surface area contributed by atoms with Crippen molar-refractivity contribution in [3.63, 3.8) is 0 Å². The summed E-state index contributed by atoms with van der Waals surface area (Å²) in [5.74, 6) is -2.46. The summed E-state index contributed by atoms with van der Waals surface area (Å²) in [5, 5.41) is 15.8. The number of carbonyl (C=O) groups excluding carboxylic acids is 6. The zero-order chi connectivity index (χ0) is 50.8. The van der Waals surface area contributed by atoms with Crippen molar-refractivity contribution in [2.24, 2.45) is 0 Å². The van der Waals surface area contributed by atoms with E-state index in [1.54, 1.807) is 98.4 Å². The topological polar surface area (TPSA) is 164 Å². The Morgan fingerprint density at radius 1 is 0.486 bits per heavy atom. The largest absolute Gasteiger partial charge is 0.341 e. The summed E-state index contributed by atoms with van der Waals surface area (Å²) in [6.45, 7) is 7.42. The van der Waals surface area contributed by atoms with Crippen molar-refractivity contribution in [3.05, 3.63) is 179 Å². The van der Waals surface area contributed by atoms with Crippen LogP contribution in [-0.2, 0) is 32.3 Å². The Kier molecular flexibility index (Phi) is 14.0. The molecule has 9 rings (SSSR count). The van der Waals surface area contributed by atoms with Crippen molar-refractivity contribution in [1.29, 1.82) is 0 Å². The number of benzene rings is 7. The zero-order valence-corrected chi connectivity index (χ0v) is 41.2. The van der Waals surface area contributed by atoms with Crippen molar-refractivity contribution in [1.82, 2.24) is 21.3 Å². The molecular formula is C58H58N8O6. The first kappa shape index (κ1) is 48.8. The number of nitrogens with zero attached hydrogens (tertiary/aromatic N) is 4. The fourth-order valence-electron chi connectivity index (χ4n) is 9.65. The number of likely N-dealkylation sites (N-methyl/N-ethyl adjacent to an activating group) is 2. The number of nitrogens with one attached hydrogen (secondary N) is 4. The second kappa shape index (κ2) is 20.6. The van der Waals surface area contributed by atoms with Crippen LogP contribution >= 0.6 is 0 Å². The first-order valence-electron chi connectivity index (χ1n) is 24.2. The fraction of sp³-hybridized carbons (Fsp3) is 0.241. The van der Waals surface area contributed by atoms with Crippen molar-refractivity contribution in [2.75, 3.05) is 46.8 Å². The second-order valence-electron chi connectivity index (χ2n) is 18.5. The van der Waals surface area contributed by atoms with E-state index >= 15 is 0 Å². The number of para-hydroxylation sites is 4. The Morgan fingerprint density at radius 3 is 1.21 bits per heavy atom. The molecule has 14 nitrogen and oxygen atoms in total. The molecule has 0 radical (unpaired) electrons. The SMILES string of the molecule is CNC(C)C(=O)NC1CN(C(=O)c2ccc(C(=O)N3CC(NC(=O)C(C)NC)C(=O)N(Cc4c(C)ccc5ccccc45)c4ccccc43)cc2)c2ccccc2N(Cc2c(C)ccc3ccccc23)C1=O. The smallest absolute Gasteiger partial charge is 0.258 e. The number of amides is 6. The van der Waals surface area contributed by atoms with E-state index in [2.05, 4.69) is 21.3 Å². The number of carbonyl (C=O) groups is 6. The van der Waals surface area contributed by atoms with E-state index in [9.17, 15) is 28.8 Å². The van der Waals surface area contributed by atoms with Gasteiger partial charge in [-0.3, -0.25) is 28.8 Å². The number of anilines is 4. The minimum absolute atomic E-state index is 0.171. The van der Waals surface area contributed by atoms with Crippen molar-refractivity contribution in [2.45, 2.75) is 65.0 Å². The third kappa shape index (κ3) is 9.41. The summed E-state index contributed by atoms with van der Waals surface area (Å²) in [6.07, 6.45) is 0. The van der Waals surface area contributed by atoms with E-state index in [-0.39, 0.29) is 49.1 Å². The predicted molar refractivity (Wildman–Crippen MR) is 283 cm³/mol. The summed E-state index contributed by atoms with van der Waals surface area (Å²) in [7, 11) is 3.31. The minimum Gasteiger partial charge on any atom is -0.341 e. The van der Waals surface area contributed by atoms with E-state index in [1.807, 2.05) is 98.8 Å². The molecule has 0 saturated carbocycles. The van der Waals surface area contributed by atoms with Gasteiger partial charge >= 0.3 is 0 Å². The summed E-state index contributed by atoms with van der Waals surface area (Å²) < 4.78 is 0. The van der Waals surface area contributed by atoms with Crippen LogP contribution in [0.4, 0.5) is 22.7 Å². The van der Waals surface area contributed by atoms with Crippen LogP contribution < -0.4 is 40.9 Å². The van der Waals surface area contributed by atoms with Gasteiger partial charge in [0.15, 0.2) is 0 Å². The Bertz CT molecular complexity index is 3050. The molecule has 2 aliphatic heterocycles. The lowest BCUT2D eigenvalue weighted by molar-refractivity contribution is -0.128. The van der Waals surface area contributed by atoms with Gasteiger partial charge in [0.2, 0.25) is 11.8 Å². The first-order chi connectivity index (χ1) is 34.8. The third-order valence-electron chi connectivity index (χ3n) is 14.1. The Labute approximate surface area is 419 Å². The average Bonchev–Trinajstić information content (AvgIpc) is 3.59. The molecule has 0 aromatic heterocycles. The maximum atomic E-state index is 15.0. The van der Waals surface area contributed by atoms with Gasteiger partial charge in [0.25, 0.3) is 23.6 Å². The zero-order valence-electron chi connectivity index (χ0n) is 41.2. The molecule has 4 unspecified atom stereocenters. The molecule has 0 bridgehead atoms. The molecule has 2 heterocycles. The molecule has 4 atom stereocenters. The normalized spacial score (nSPS) is 16.6. The lowest BCUT2D eigenvalue weighted by atomic mass is 9.99. The van der Waals surface area contributed by atoms with Crippen LogP contribution in [-0.4, -0.2) is 86.8 Å². The van der Waals surface area contributed by atoms with Crippen LogP contribution in [0.5, 0.6) is 0 Å². The van der Waals surface area contributed by atoms with Gasteiger partial charge in [-0.05, 0) is 134 Å². The van der Waals surface area contributed by atoms with Crippen molar-refractivity contribution < 1.29 is 28.8 Å². The van der Waals surface area contributed by atoms with E-state index in [4.69, 9.17) is 0 Å². The standard InChI is InChI=1S/C58H58N8O6/c1-35-23-25-39-15-7-9-17-43(39)45(35)31-63-49-19-11-13-21-51(49)65(33-47(57(63)71)61-53(67)37(3)59-5)55(69)41-27-29-42(30-28-41)56(70)66-34-48(62-54(68)38(4)60-6)58(72)64(50-20-12-14-22-52(50)66)32-46-36(2)24-26-40-16-8-10-18-44(40)46/h7-30,37-38,47-48,59-60H,31-34H2,1-6H3,(H,61,67)(H,62,68). The quantitative estimate of drug-likeness (QED) is 0.100. The second-order valence-corrected chi connectivity index (χ2v) is 18.5. The van der Waals surface area contributed by atoms with Gasteiger partial charge in [-0.15, -0.1) is 0 Å². The molecule has 0 fully saturated rings. The van der Waals surface area contributed by atoms with Gasteiger partial charge in [-0.25, -0.2) is 0 Å². The van der Waals surface area contributed by atoms with E-state index < -0.39 is 47.8 Å². The maximum Gasteiger partial charge on any atom is 0.258 e. The monoisotopic (exact) mass is 962 g/mol. The van der Waals surface area contributed by atoms with Gasteiger partial charge in [0.1, 0.15) is 12.1 Å². The van der Waals surface area contributed by atoms with Gasteiger partial charge in [0, 0.05) is 11.1 Å². The van der Waals surface area contributed by atoms with E-state index in [1.165, 1.54) is 9.80 Å². The highest BCUT2D eigenvalue weighted by atomic mass is 16.2. The molecule has 2 aliphatic rings. The molecule has 6 amide bonds. The summed E-state index contributed by atoms with van der Waals surface area (Å²) >= 11 is 0. The number of aryl methyl sites for hydroxylation is 2. The van der Waals surface area contributed by atoms with Crippen molar-refractivity contribution >= 4 is 79.7 Å². The van der Waals surface area contributed by atoms with Crippen LogP contribution in [0, 0.1) is 13.8 Å². The highest BCUT2D eigenvalue weighted by Crippen LogP contribution is 2.38. The van der Waals surface area contributed by atoms with Crippen LogP contribution in [0.1, 0.15) is 56.8 Å². The van der Waals surface area contributed by atoms with Crippen LogP contribution in [0.2, 0.25) is 0 Å². The average molecular weight is 963 g/mol. The molecule has 72 heavy (non-hydrogen) atoms. The van der Waals surface area contributed by atoms with Gasteiger partial charge in [-0.1, -0.05) is 97.1 Å². The molecule has 0 aliphatic carbocycles. The lowest BCUT2D eigenvalue weighted by Gasteiger charge is -2.27. The van der Waals surface area contributed by atoms with Crippen LogP contribution in [0.3, 0.4) is 0 Å². The number of rotatable bonds is 12. The molecule has 7 aromatic carbocycles. The number of hydrogen-bond donors (Lipinski definition) is 4. The van der Waals surface area contributed by atoms with Crippen LogP contribution in [0.25, 0.3) is 21.5 Å². The molecule has 7 aromatic rings. The maximum absolute atomic E-state index is 15.0. The summed E-state index contributed by atoms with van der Waals surface area (Å²) in [4.78, 5) is 93.1. The van der Waals surface area contributed by atoms with Gasteiger partial charge < -0.3 is 40.9 Å².